The molecule has 0 aliphatic heterocycles. The Bertz CT molecular complexity index is 881. The first kappa shape index (κ1) is 23.9. The minimum Gasteiger partial charge on any atom is -0.491 e. The number of hydrogen-bond acceptors (Lipinski definition) is 6. The standard InChI is InChI=1S/C25H28O6/c1-5-23(26)30-18-16-28-15-17-29-21-11-7-19(8-12-21)25(3,4)20-9-13-22(14-10-20)31-24(27)6-2/h5-14H,1-2,15-18H2,3-4H3. The third-order valence-corrected chi connectivity index (χ3v) is 4.67. The molecule has 6 heteroatoms. The van der Waals surface area contributed by atoms with Crippen molar-refractivity contribution in [1.82, 2.24) is 0 Å². The van der Waals surface area contributed by atoms with Gasteiger partial charge in [0.15, 0.2) is 0 Å². The van der Waals surface area contributed by atoms with Crippen LogP contribution in [0.4, 0.5) is 0 Å². The number of benzene rings is 2. The largest absolute Gasteiger partial charge is 0.491 e. The molecule has 0 radical (unpaired) electrons. The smallest absolute Gasteiger partial charge is 0.335 e. The van der Waals surface area contributed by atoms with Crippen molar-refractivity contribution in [2.45, 2.75) is 19.3 Å². The Balaban J connectivity index is 1.84. The van der Waals surface area contributed by atoms with Gasteiger partial charge in [-0.05, 0) is 35.4 Å². The second kappa shape index (κ2) is 11.7. The van der Waals surface area contributed by atoms with Crippen LogP contribution in [0.5, 0.6) is 11.5 Å². The quantitative estimate of drug-likeness (QED) is 0.220. The predicted octanol–water partition coefficient (Wildman–Crippen LogP) is 4.23. The molecule has 0 saturated heterocycles. The van der Waals surface area contributed by atoms with Crippen LogP contribution in [0.3, 0.4) is 0 Å². The number of esters is 2. The van der Waals surface area contributed by atoms with Crippen molar-refractivity contribution in [2.75, 3.05) is 26.4 Å². The first-order valence-corrected chi connectivity index (χ1v) is 9.92. The van der Waals surface area contributed by atoms with E-state index in [1.54, 1.807) is 12.1 Å². The predicted molar refractivity (Wildman–Crippen MR) is 118 cm³/mol. The molecule has 0 atom stereocenters. The lowest BCUT2D eigenvalue weighted by Crippen LogP contribution is -2.19. The van der Waals surface area contributed by atoms with E-state index < -0.39 is 11.9 Å². The van der Waals surface area contributed by atoms with Crippen molar-refractivity contribution in [3.05, 3.63) is 85.0 Å². The van der Waals surface area contributed by atoms with E-state index in [2.05, 4.69) is 27.0 Å². The van der Waals surface area contributed by atoms with Crippen molar-refractivity contribution < 1.29 is 28.5 Å². The minimum atomic E-state index is -0.482. The zero-order valence-electron chi connectivity index (χ0n) is 18.0. The van der Waals surface area contributed by atoms with Gasteiger partial charge in [-0.15, -0.1) is 0 Å². The molecule has 0 saturated carbocycles. The van der Waals surface area contributed by atoms with Gasteiger partial charge >= 0.3 is 11.9 Å². The van der Waals surface area contributed by atoms with Crippen LogP contribution < -0.4 is 9.47 Å². The SMILES string of the molecule is C=CC(=O)OCCOCCOc1ccc(C(C)(C)c2ccc(OC(=O)C=C)cc2)cc1. The van der Waals surface area contributed by atoms with Crippen molar-refractivity contribution in [3.63, 3.8) is 0 Å². The summed E-state index contributed by atoms with van der Waals surface area (Å²) in [4.78, 5) is 22.2. The second-order valence-corrected chi connectivity index (χ2v) is 7.13. The Hall–Kier alpha value is -3.38. The number of ether oxygens (including phenoxy) is 4. The van der Waals surface area contributed by atoms with E-state index in [1.165, 1.54) is 0 Å². The summed E-state index contributed by atoms with van der Waals surface area (Å²) in [6.07, 6.45) is 2.25. The highest BCUT2D eigenvalue weighted by atomic mass is 16.6. The molecule has 0 unspecified atom stereocenters. The molecule has 2 aromatic carbocycles. The van der Waals surface area contributed by atoms with Crippen molar-refractivity contribution >= 4 is 11.9 Å². The summed E-state index contributed by atoms with van der Waals surface area (Å²) in [6, 6.07) is 15.3. The van der Waals surface area contributed by atoms with Gasteiger partial charge in [0.05, 0.1) is 13.2 Å². The van der Waals surface area contributed by atoms with Crippen LogP contribution >= 0.6 is 0 Å². The van der Waals surface area contributed by atoms with Gasteiger partial charge in [0.1, 0.15) is 24.7 Å². The fourth-order valence-electron chi connectivity index (χ4n) is 2.81. The highest BCUT2D eigenvalue weighted by Gasteiger charge is 2.23. The van der Waals surface area contributed by atoms with Crippen LogP contribution in [0.15, 0.2) is 73.8 Å². The van der Waals surface area contributed by atoms with Gasteiger partial charge in [-0.2, -0.15) is 0 Å². The Morgan fingerprint density at radius 1 is 0.774 bits per heavy atom. The van der Waals surface area contributed by atoms with E-state index in [4.69, 9.17) is 18.9 Å². The molecule has 0 N–H and O–H groups in total. The first-order valence-electron chi connectivity index (χ1n) is 9.92. The minimum absolute atomic E-state index is 0.187. The molecule has 0 aliphatic rings. The molecule has 2 aromatic rings. The molecular formula is C25H28O6. The zero-order valence-corrected chi connectivity index (χ0v) is 18.0. The Labute approximate surface area is 183 Å². The summed E-state index contributed by atoms with van der Waals surface area (Å²) in [7, 11) is 0. The maximum absolute atomic E-state index is 11.3. The maximum Gasteiger partial charge on any atom is 0.335 e. The number of carbonyl (C=O) groups is 2. The molecule has 0 fully saturated rings. The Morgan fingerprint density at radius 3 is 1.84 bits per heavy atom. The summed E-state index contributed by atoms with van der Waals surface area (Å²) < 4.78 is 21.0. The molecule has 0 amide bonds. The van der Waals surface area contributed by atoms with Crippen LogP contribution in [0.1, 0.15) is 25.0 Å². The number of hydrogen-bond donors (Lipinski definition) is 0. The van der Waals surface area contributed by atoms with E-state index in [-0.39, 0.29) is 12.0 Å². The lowest BCUT2D eigenvalue weighted by atomic mass is 9.78. The normalized spacial score (nSPS) is 10.8. The molecule has 6 nitrogen and oxygen atoms in total. The van der Waals surface area contributed by atoms with E-state index in [0.717, 1.165) is 29.0 Å². The Kier molecular flexibility index (Phi) is 9.03. The molecule has 0 spiro atoms. The molecule has 31 heavy (non-hydrogen) atoms. The van der Waals surface area contributed by atoms with Gasteiger partial charge < -0.3 is 18.9 Å². The average molecular weight is 424 g/mol. The van der Waals surface area contributed by atoms with Gasteiger partial charge in [-0.25, -0.2) is 9.59 Å². The van der Waals surface area contributed by atoms with Gasteiger partial charge in [-0.3, -0.25) is 0 Å². The second-order valence-electron chi connectivity index (χ2n) is 7.13. The topological polar surface area (TPSA) is 71.1 Å². The fraction of sp³-hybridized carbons (Fsp3) is 0.280. The summed E-state index contributed by atoms with van der Waals surface area (Å²) in [6.45, 7) is 12.2. The summed E-state index contributed by atoms with van der Waals surface area (Å²) in [5.74, 6) is 0.279. The van der Waals surface area contributed by atoms with Crippen molar-refractivity contribution in [2.24, 2.45) is 0 Å². The summed E-state index contributed by atoms with van der Waals surface area (Å²) >= 11 is 0. The summed E-state index contributed by atoms with van der Waals surface area (Å²) in [5, 5.41) is 0. The maximum atomic E-state index is 11.3. The fourth-order valence-corrected chi connectivity index (χ4v) is 2.81. The van der Waals surface area contributed by atoms with E-state index in [9.17, 15) is 9.59 Å². The van der Waals surface area contributed by atoms with Gasteiger partial charge in [0, 0.05) is 17.6 Å². The van der Waals surface area contributed by atoms with Crippen LogP contribution in [-0.4, -0.2) is 38.4 Å². The van der Waals surface area contributed by atoms with Crippen LogP contribution in [0, 0.1) is 0 Å². The molecule has 0 aromatic heterocycles. The van der Waals surface area contributed by atoms with E-state index in [1.807, 2.05) is 36.4 Å². The monoisotopic (exact) mass is 424 g/mol. The third kappa shape index (κ3) is 7.42. The molecule has 164 valence electrons. The van der Waals surface area contributed by atoms with Gasteiger partial charge in [-0.1, -0.05) is 51.3 Å². The zero-order chi connectivity index (χ0) is 22.7. The molecule has 0 aliphatic carbocycles. The average Bonchev–Trinajstić information content (AvgIpc) is 2.78. The Morgan fingerprint density at radius 2 is 1.29 bits per heavy atom. The van der Waals surface area contributed by atoms with Crippen LogP contribution in [-0.2, 0) is 24.5 Å². The summed E-state index contributed by atoms with van der Waals surface area (Å²) in [5.41, 5.74) is 1.96. The van der Waals surface area contributed by atoms with Crippen LogP contribution in [0.2, 0.25) is 0 Å². The number of rotatable bonds is 12. The lowest BCUT2D eigenvalue weighted by Gasteiger charge is -2.26. The van der Waals surface area contributed by atoms with E-state index in [0.29, 0.717) is 25.6 Å². The van der Waals surface area contributed by atoms with Gasteiger partial charge in [0.25, 0.3) is 0 Å². The molecule has 0 bridgehead atoms. The lowest BCUT2D eigenvalue weighted by molar-refractivity contribution is -0.139. The highest BCUT2D eigenvalue weighted by molar-refractivity contribution is 5.83. The molecule has 0 heterocycles. The third-order valence-electron chi connectivity index (χ3n) is 4.67. The number of carbonyl (C=O) groups excluding carboxylic acids is 2. The van der Waals surface area contributed by atoms with Crippen molar-refractivity contribution in [1.29, 1.82) is 0 Å². The van der Waals surface area contributed by atoms with Gasteiger partial charge in [0.2, 0.25) is 0 Å². The first-order chi connectivity index (χ1) is 14.9. The van der Waals surface area contributed by atoms with E-state index >= 15 is 0 Å². The van der Waals surface area contributed by atoms with Crippen LogP contribution in [0.25, 0.3) is 0 Å². The highest BCUT2D eigenvalue weighted by Crippen LogP contribution is 2.33. The molecule has 2 rings (SSSR count). The van der Waals surface area contributed by atoms with Crippen molar-refractivity contribution in [3.8, 4) is 11.5 Å². The molecular weight excluding hydrogens is 396 g/mol.